The summed E-state index contributed by atoms with van der Waals surface area (Å²) in [4.78, 5) is 49.7. The van der Waals surface area contributed by atoms with Crippen molar-refractivity contribution in [3.63, 3.8) is 0 Å². The Labute approximate surface area is 240 Å². The largest absolute Gasteiger partial charge is 0.465 e. The molecule has 0 bridgehead atoms. The molecule has 41 heavy (non-hydrogen) atoms. The van der Waals surface area contributed by atoms with Crippen LogP contribution in [0.2, 0.25) is 0 Å². The van der Waals surface area contributed by atoms with Crippen LogP contribution in [0.15, 0.2) is 22.8 Å². The number of rotatable bonds is 7. The molecule has 3 fully saturated rings. The Balaban J connectivity index is 1.62. The second-order valence-corrected chi connectivity index (χ2v) is 12.9. The molecule has 10 atom stereocenters. The standard InChI is InChI=1S/C31H42O10/c1-15-21(12-32)29(38)41-28(15)16(2)22-5-6-23-20-10-26(37)25-9-19(36)7-8-30(25,13-33)24(20)11-27(40-18(4)35)31(22,23)14-39-17(3)34/h9,16,20,22-24,26-28,32-33,37H,5-8,10-14H2,1-4H3. The van der Waals surface area contributed by atoms with Crippen LogP contribution in [0.5, 0.6) is 0 Å². The number of fused-ring (bicyclic) bond motifs is 5. The van der Waals surface area contributed by atoms with E-state index in [9.17, 15) is 34.5 Å². The third-order valence-corrected chi connectivity index (χ3v) is 11.3. The number of carbonyl (C=O) groups excluding carboxylic acids is 4. The highest BCUT2D eigenvalue weighted by Crippen LogP contribution is 2.68. The molecule has 0 radical (unpaired) electrons. The second-order valence-electron chi connectivity index (χ2n) is 12.9. The number of aliphatic hydroxyl groups is 3. The van der Waals surface area contributed by atoms with Crippen LogP contribution in [-0.2, 0) is 33.4 Å². The van der Waals surface area contributed by atoms with Crippen LogP contribution in [0.4, 0.5) is 0 Å². The van der Waals surface area contributed by atoms with E-state index in [-0.39, 0.29) is 60.6 Å². The molecule has 0 amide bonds. The molecule has 3 saturated carbocycles. The Hall–Kier alpha value is -2.56. The van der Waals surface area contributed by atoms with Crippen molar-refractivity contribution >= 4 is 23.7 Å². The fraction of sp³-hybridized carbons (Fsp3) is 0.742. The Bertz CT molecular complexity index is 1190. The fourth-order valence-electron chi connectivity index (χ4n) is 9.66. The van der Waals surface area contributed by atoms with Crippen LogP contribution < -0.4 is 0 Å². The van der Waals surface area contributed by atoms with Crippen molar-refractivity contribution in [2.45, 2.75) is 84.5 Å². The van der Waals surface area contributed by atoms with E-state index in [0.29, 0.717) is 43.3 Å². The van der Waals surface area contributed by atoms with Crippen molar-refractivity contribution in [3.05, 3.63) is 22.8 Å². The summed E-state index contributed by atoms with van der Waals surface area (Å²) in [6.45, 7) is 5.81. The van der Waals surface area contributed by atoms with Gasteiger partial charge < -0.3 is 29.5 Å². The van der Waals surface area contributed by atoms with E-state index in [1.807, 2.05) is 6.92 Å². The fourth-order valence-corrected chi connectivity index (χ4v) is 9.66. The van der Waals surface area contributed by atoms with Crippen LogP contribution >= 0.6 is 0 Å². The summed E-state index contributed by atoms with van der Waals surface area (Å²) in [5.74, 6) is -2.35. The maximum Gasteiger partial charge on any atom is 0.337 e. The molecule has 10 heteroatoms. The number of hydrogen-bond acceptors (Lipinski definition) is 10. The number of carbonyl (C=O) groups is 4. The predicted octanol–water partition coefficient (Wildman–Crippen LogP) is 2.03. The van der Waals surface area contributed by atoms with E-state index in [4.69, 9.17) is 14.2 Å². The lowest BCUT2D eigenvalue weighted by molar-refractivity contribution is -0.209. The topological polar surface area (TPSA) is 157 Å². The minimum Gasteiger partial charge on any atom is -0.465 e. The average Bonchev–Trinajstić information content (AvgIpc) is 3.45. The summed E-state index contributed by atoms with van der Waals surface area (Å²) in [6, 6.07) is 0. The van der Waals surface area contributed by atoms with E-state index < -0.39 is 53.7 Å². The quantitative estimate of drug-likeness (QED) is 0.304. The molecule has 4 aliphatic carbocycles. The lowest BCUT2D eigenvalue weighted by atomic mass is 9.44. The van der Waals surface area contributed by atoms with Crippen LogP contribution in [0.25, 0.3) is 0 Å². The molecular formula is C31H42O10. The molecule has 5 aliphatic rings. The van der Waals surface area contributed by atoms with E-state index in [0.717, 1.165) is 0 Å². The highest BCUT2D eigenvalue weighted by atomic mass is 16.6. The van der Waals surface area contributed by atoms with Crippen LogP contribution in [0.1, 0.15) is 66.2 Å². The number of aliphatic hydroxyl groups excluding tert-OH is 3. The number of ether oxygens (including phenoxy) is 3. The number of esters is 3. The van der Waals surface area contributed by atoms with Gasteiger partial charge in [-0.3, -0.25) is 14.4 Å². The summed E-state index contributed by atoms with van der Waals surface area (Å²) in [7, 11) is 0. The average molecular weight is 575 g/mol. The van der Waals surface area contributed by atoms with Gasteiger partial charge in [-0.05, 0) is 79.9 Å². The zero-order chi connectivity index (χ0) is 29.9. The van der Waals surface area contributed by atoms with Gasteiger partial charge in [0.1, 0.15) is 18.8 Å². The summed E-state index contributed by atoms with van der Waals surface area (Å²) in [5.41, 5.74) is -0.138. The maximum atomic E-state index is 12.6. The van der Waals surface area contributed by atoms with Crippen molar-refractivity contribution < 1.29 is 48.7 Å². The van der Waals surface area contributed by atoms with Gasteiger partial charge in [0.2, 0.25) is 0 Å². The van der Waals surface area contributed by atoms with E-state index >= 15 is 0 Å². The molecule has 0 aromatic rings. The normalized spacial score (nSPS) is 40.7. The van der Waals surface area contributed by atoms with Crippen molar-refractivity contribution in [1.82, 2.24) is 0 Å². The molecule has 1 heterocycles. The highest BCUT2D eigenvalue weighted by molar-refractivity contribution is 5.92. The van der Waals surface area contributed by atoms with Crippen LogP contribution in [0.3, 0.4) is 0 Å². The molecular weight excluding hydrogens is 532 g/mol. The van der Waals surface area contributed by atoms with Gasteiger partial charge in [0, 0.05) is 37.0 Å². The van der Waals surface area contributed by atoms with E-state index in [2.05, 4.69) is 0 Å². The zero-order valence-electron chi connectivity index (χ0n) is 24.3. The first-order valence-corrected chi connectivity index (χ1v) is 14.8. The van der Waals surface area contributed by atoms with Gasteiger partial charge in [-0.2, -0.15) is 0 Å². The molecule has 10 unspecified atom stereocenters. The lowest BCUT2D eigenvalue weighted by Gasteiger charge is -2.62. The van der Waals surface area contributed by atoms with Crippen molar-refractivity contribution in [2.24, 2.45) is 40.4 Å². The predicted molar refractivity (Wildman–Crippen MR) is 144 cm³/mol. The molecule has 10 nitrogen and oxygen atoms in total. The summed E-state index contributed by atoms with van der Waals surface area (Å²) in [6.07, 6.45) is 2.20. The van der Waals surface area contributed by atoms with Crippen molar-refractivity contribution in [2.75, 3.05) is 19.8 Å². The van der Waals surface area contributed by atoms with Gasteiger partial charge in [0.05, 0.1) is 24.9 Å². The Morgan fingerprint density at radius 2 is 1.85 bits per heavy atom. The molecule has 0 saturated heterocycles. The van der Waals surface area contributed by atoms with Crippen LogP contribution in [0, 0.1) is 40.4 Å². The first-order valence-electron chi connectivity index (χ1n) is 14.8. The van der Waals surface area contributed by atoms with E-state index in [1.165, 1.54) is 19.9 Å². The smallest absolute Gasteiger partial charge is 0.337 e. The minimum atomic E-state index is -0.895. The van der Waals surface area contributed by atoms with Crippen molar-refractivity contribution in [3.8, 4) is 0 Å². The molecule has 5 rings (SSSR count). The molecule has 1 aliphatic heterocycles. The maximum absolute atomic E-state index is 12.6. The molecule has 226 valence electrons. The minimum absolute atomic E-state index is 0.00284. The summed E-state index contributed by atoms with van der Waals surface area (Å²) < 4.78 is 17.6. The summed E-state index contributed by atoms with van der Waals surface area (Å²) >= 11 is 0. The van der Waals surface area contributed by atoms with E-state index in [1.54, 1.807) is 6.92 Å². The van der Waals surface area contributed by atoms with Gasteiger partial charge in [-0.25, -0.2) is 4.79 Å². The number of ketones is 1. The molecule has 0 spiro atoms. The second kappa shape index (κ2) is 10.9. The van der Waals surface area contributed by atoms with Crippen LogP contribution in [-0.4, -0.2) is 77.1 Å². The highest BCUT2D eigenvalue weighted by Gasteiger charge is 2.69. The Kier molecular flexibility index (Phi) is 7.98. The van der Waals surface area contributed by atoms with Crippen molar-refractivity contribution in [1.29, 1.82) is 0 Å². The van der Waals surface area contributed by atoms with Gasteiger partial charge >= 0.3 is 17.9 Å². The first kappa shape index (κ1) is 29.9. The summed E-state index contributed by atoms with van der Waals surface area (Å²) in [5, 5.41) is 32.0. The lowest BCUT2D eigenvalue weighted by Crippen LogP contribution is -2.63. The Morgan fingerprint density at radius 1 is 1.12 bits per heavy atom. The monoisotopic (exact) mass is 574 g/mol. The Morgan fingerprint density at radius 3 is 2.46 bits per heavy atom. The number of hydrogen-bond donors (Lipinski definition) is 3. The van der Waals surface area contributed by atoms with Gasteiger partial charge in [-0.1, -0.05) is 6.92 Å². The third kappa shape index (κ3) is 4.57. The number of cyclic esters (lactones) is 1. The molecule has 0 aromatic carbocycles. The molecule has 0 aromatic heterocycles. The SMILES string of the molecule is CC(=O)OCC12C(OC(C)=O)CC3C(CC(O)C4=CC(=O)CCC43CO)C1CCC2C(C)C1OC(=O)C(CO)=C1C. The van der Waals surface area contributed by atoms with Gasteiger partial charge in [0.25, 0.3) is 0 Å². The first-order chi connectivity index (χ1) is 19.4. The van der Waals surface area contributed by atoms with Gasteiger partial charge in [0.15, 0.2) is 5.78 Å². The van der Waals surface area contributed by atoms with Gasteiger partial charge in [-0.15, -0.1) is 0 Å². The zero-order valence-corrected chi connectivity index (χ0v) is 24.3. The molecule has 3 N–H and O–H groups in total. The third-order valence-electron chi connectivity index (χ3n) is 11.3.